The van der Waals surface area contributed by atoms with Crippen molar-refractivity contribution >= 4 is 0 Å². The van der Waals surface area contributed by atoms with Crippen LogP contribution in [-0.4, -0.2) is 15.3 Å². The summed E-state index contributed by atoms with van der Waals surface area (Å²) in [5.41, 5.74) is 10.3. The average Bonchev–Trinajstić information content (AvgIpc) is 3.19. The van der Waals surface area contributed by atoms with E-state index in [0.717, 1.165) is 53.0 Å². The second-order valence-corrected chi connectivity index (χ2v) is 12.7. The molecule has 7 aromatic rings. The molecule has 0 saturated heterocycles. The van der Waals surface area contributed by atoms with Gasteiger partial charge in [0.25, 0.3) is 0 Å². The summed E-state index contributed by atoms with van der Waals surface area (Å²) in [6.45, 7) is 2.09. The van der Waals surface area contributed by atoms with Gasteiger partial charge in [0.2, 0.25) is 20.2 Å². The van der Waals surface area contributed by atoms with E-state index in [0.29, 0.717) is 0 Å². The van der Waals surface area contributed by atoms with Crippen LogP contribution in [0.4, 0.5) is 0 Å². The number of benzene rings is 1. The molecule has 0 unspecified atom stereocenters. The first kappa shape index (κ1) is 33.5. The van der Waals surface area contributed by atoms with E-state index < -0.39 is 0 Å². The number of hydrogen-bond acceptors (Lipinski definition) is 3. The Bertz CT molecular complexity index is 1920. The van der Waals surface area contributed by atoms with E-state index in [1.54, 1.807) is 13.7 Å². The molecule has 9 heteroatoms. The van der Waals surface area contributed by atoms with E-state index in [-0.39, 0.29) is 20.2 Å². The summed E-state index contributed by atoms with van der Waals surface area (Å²) in [5, 5.41) is 28.1. The average molecular weight is 679 g/mol. The van der Waals surface area contributed by atoms with Crippen molar-refractivity contribution < 1.29 is 42.7 Å². The van der Waals surface area contributed by atoms with E-state index in [1.807, 2.05) is 73.6 Å². The van der Waals surface area contributed by atoms with E-state index >= 15 is 0 Å². The van der Waals surface area contributed by atoms with Gasteiger partial charge in [-0.1, -0.05) is 0 Å². The predicted octanol–water partition coefficient (Wildman–Crippen LogP) is 2.41. The minimum Gasteiger partial charge on any atom is -0.339 e. The molecule has 0 amide bonds. The summed E-state index contributed by atoms with van der Waals surface area (Å²) in [4.78, 5) is 0. The van der Waals surface area contributed by atoms with Crippen molar-refractivity contribution in [2.45, 2.75) is 39.8 Å². The van der Waals surface area contributed by atoms with Crippen molar-refractivity contribution in [2.75, 3.05) is 0 Å². The van der Waals surface area contributed by atoms with Crippen LogP contribution in [0.3, 0.4) is 0 Å². The number of pyridine rings is 6. The fourth-order valence-electron chi connectivity index (χ4n) is 6.24. The van der Waals surface area contributed by atoms with Gasteiger partial charge in [0.1, 0.15) is 0 Å². The molecular formula is C42H42N6O3+6. The predicted molar refractivity (Wildman–Crippen MR) is 187 cm³/mol. The SMILES string of the molecule is OC[n+]1ccc(-c2cc[n+](Cc3cc(C[n+]4ccc(-c5cc[n+](CO)cc5)cc4)cc(C[n+]4ccc(-c5cc[n+](CO)cc5)cc4)c3)cc2)cc1. The number of aliphatic hydroxyl groups excluding tert-OH is 3. The second kappa shape index (κ2) is 15.7. The molecule has 0 bridgehead atoms. The van der Waals surface area contributed by atoms with Crippen LogP contribution in [0.25, 0.3) is 33.4 Å². The Kier molecular flexibility index (Phi) is 10.3. The normalized spacial score (nSPS) is 11.1. The first-order valence-corrected chi connectivity index (χ1v) is 17.0. The third kappa shape index (κ3) is 8.42. The molecule has 9 nitrogen and oxygen atoms in total. The van der Waals surface area contributed by atoms with Crippen molar-refractivity contribution in [1.82, 2.24) is 0 Å². The van der Waals surface area contributed by atoms with Crippen molar-refractivity contribution in [3.8, 4) is 33.4 Å². The quantitative estimate of drug-likeness (QED) is 0.174. The lowest BCUT2D eigenvalue weighted by Crippen LogP contribution is -2.36. The Hall–Kier alpha value is -6.00. The van der Waals surface area contributed by atoms with E-state index in [4.69, 9.17) is 0 Å². The molecule has 0 atom stereocenters. The van der Waals surface area contributed by atoms with Crippen molar-refractivity contribution in [3.05, 3.63) is 182 Å². The van der Waals surface area contributed by atoms with Gasteiger partial charge in [0, 0.05) is 89.5 Å². The van der Waals surface area contributed by atoms with Crippen LogP contribution in [0.1, 0.15) is 16.7 Å². The van der Waals surface area contributed by atoms with E-state index in [2.05, 4.69) is 105 Å². The van der Waals surface area contributed by atoms with Gasteiger partial charge in [-0.2, -0.15) is 13.7 Å². The third-order valence-electron chi connectivity index (χ3n) is 9.04. The van der Waals surface area contributed by atoms with Gasteiger partial charge in [-0.05, 0) is 51.6 Å². The molecule has 6 aromatic heterocycles. The van der Waals surface area contributed by atoms with E-state index in [1.165, 1.54) is 16.7 Å². The minimum absolute atomic E-state index is 0.0383. The smallest absolute Gasteiger partial charge is 0.250 e. The first-order chi connectivity index (χ1) is 25.0. The zero-order chi connectivity index (χ0) is 35.0. The van der Waals surface area contributed by atoms with Crippen LogP contribution in [0.2, 0.25) is 0 Å². The highest BCUT2D eigenvalue weighted by Gasteiger charge is 2.14. The van der Waals surface area contributed by atoms with Gasteiger partial charge in [-0.25, -0.2) is 13.7 Å². The maximum atomic E-state index is 9.36. The standard InChI is InChI=1S/C42H42N6O3/c49-31-46-19-7-40(8-20-46)37-1-13-43(14-2-37)28-34-25-35(29-44-15-3-38(4-16-44)41-9-21-47(32-50)22-10-41)27-36(26-34)30-45-17-5-39(6-18-45)42-11-23-48(33-51)24-12-42/h1-27,49-51H,28-33H2/q+6. The molecule has 0 fully saturated rings. The minimum atomic E-state index is -0.0383. The van der Waals surface area contributed by atoms with E-state index in [9.17, 15) is 15.3 Å². The fraction of sp³-hybridized carbons (Fsp3) is 0.143. The van der Waals surface area contributed by atoms with Crippen LogP contribution in [-0.2, 0) is 39.8 Å². The Morgan fingerprint density at radius 3 is 0.627 bits per heavy atom. The maximum Gasteiger partial charge on any atom is 0.250 e. The van der Waals surface area contributed by atoms with Gasteiger partial charge in [-0.15, -0.1) is 0 Å². The lowest BCUT2D eigenvalue weighted by molar-refractivity contribution is -0.730. The van der Waals surface area contributed by atoms with Gasteiger partial charge < -0.3 is 15.3 Å². The van der Waals surface area contributed by atoms with Gasteiger partial charge in [0.05, 0.1) is 0 Å². The molecule has 51 heavy (non-hydrogen) atoms. The summed E-state index contributed by atoms with van der Waals surface area (Å²) < 4.78 is 11.8. The Morgan fingerprint density at radius 2 is 0.451 bits per heavy atom. The van der Waals surface area contributed by atoms with Gasteiger partial charge in [-0.3, -0.25) is 0 Å². The summed E-state index contributed by atoms with van der Waals surface area (Å²) >= 11 is 0. The number of aromatic nitrogens is 6. The Morgan fingerprint density at radius 1 is 0.275 bits per heavy atom. The first-order valence-electron chi connectivity index (χ1n) is 17.0. The molecule has 0 radical (unpaired) electrons. The van der Waals surface area contributed by atoms with Crippen molar-refractivity contribution in [1.29, 1.82) is 0 Å². The molecule has 0 saturated carbocycles. The molecule has 0 aliphatic carbocycles. The number of hydrogen-bond donors (Lipinski definition) is 3. The third-order valence-corrected chi connectivity index (χ3v) is 9.04. The van der Waals surface area contributed by atoms with Crippen molar-refractivity contribution in [3.63, 3.8) is 0 Å². The number of rotatable bonds is 12. The number of nitrogens with zero attached hydrogens (tertiary/aromatic N) is 6. The van der Waals surface area contributed by atoms with Gasteiger partial charge >= 0.3 is 0 Å². The van der Waals surface area contributed by atoms with Crippen LogP contribution in [0, 0.1) is 0 Å². The Balaban J connectivity index is 1.12. The topological polar surface area (TPSA) is 84.0 Å². The number of aliphatic hydroxyl groups is 3. The molecule has 1 aromatic carbocycles. The summed E-state index contributed by atoms with van der Waals surface area (Å²) in [7, 11) is 0. The van der Waals surface area contributed by atoms with Crippen LogP contribution >= 0.6 is 0 Å². The lowest BCUT2D eigenvalue weighted by atomic mass is 10.0. The molecule has 6 heterocycles. The molecular weight excluding hydrogens is 637 g/mol. The summed E-state index contributed by atoms with van der Waals surface area (Å²) in [6.07, 6.45) is 24.0. The Labute approximate surface area is 297 Å². The van der Waals surface area contributed by atoms with Crippen LogP contribution < -0.4 is 27.4 Å². The monoisotopic (exact) mass is 678 g/mol. The lowest BCUT2D eigenvalue weighted by Gasteiger charge is -2.07. The molecule has 0 aliphatic rings. The largest absolute Gasteiger partial charge is 0.339 e. The molecule has 0 aliphatic heterocycles. The zero-order valence-electron chi connectivity index (χ0n) is 28.4. The highest BCUT2D eigenvalue weighted by atomic mass is 16.3. The molecule has 7 rings (SSSR count). The van der Waals surface area contributed by atoms with Crippen molar-refractivity contribution in [2.24, 2.45) is 0 Å². The fourth-order valence-corrected chi connectivity index (χ4v) is 6.24. The van der Waals surface area contributed by atoms with Crippen LogP contribution in [0.15, 0.2) is 165 Å². The van der Waals surface area contributed by atoms with Crippen LogP contribution in [0.5, 0.6) is 0 Å². The zero-order valence-corrected chi connectivity index (χ0v) is 28.4. The molecule has 0 spiro atoms. The molecule has 252 valence electrons. The molecule has 3 N–H and O–H groups in total. The highest BCUT2D eigenvalue weighted by molar-refractivity contribution is 5.62. The second-order valence-electron chi connectivity index (χ2n) is 12.7. The summed E-state index contributed by atoms with van der Waals surface area (Å²) in [6, 6.07) is 31.7. The maximum absolute atomic E-state index is 9.36. The summed E-state index contributed by atoms with van der Waals surface area (Å²) in [5.74, 6) is 0. The highest BCUT2D eigenvalue weighted by Crippen LogP contribution is 2.19. The van der Waals surface area contributed by atoms with Gasteiger partial charge in [0.15, 0.2) is 94.0 Å².